The molecule has 7 nitrogen and oxygen atoms in total. The van der Waals surface area contributed by atoms with Crippen molar-refractivity contribution in [3.05, 3.63) is 59.4 Å². The summed E-state index contributed by atoms with van der Waals surface area (Å²) in [5.41, 5.74) is 6.96. The molecule has 32 heavy (non-hydrogen) atoms. The highest BCUT2D eigenvalue weighted by atomic mass is 15.3. The summed E-state index contributed by atoms with van der Waals surface area (Å²) in [7, 11) is 2.05. The molecule has 1 aliphatic carbocycles. The smallest absolute Gasteiger partial charge is 0.143 e. The summed E-state index contributed by atoms with van der Waals surface area (Å²) in [4.78, 5) is 12.0. The highest BCUT2D eigenvalue weighted by molar-refractivity contribution is 5.80. The maximum absolute atomic E-state index is 4.80. The van der Waals surface area contributed by atoms with Gasteiger partial charge in [-0.2, -0.15) is 10.2 Å². The largest absolute Gasteiger partial charge is 0.296 e. The highest BCUT2D eigenvalue weighted by Gasteiger charge is 2.31. The van der Waals surface area contributed by atoms with E-state index in [0.717, 1.165) is 60.6 Å². The second-order valence-electron chi connectivity index (χ2n) is 9.34. The van der Waals surface area contributed by atoms with E-state index in [0.29, 0.717) is 11.8 Å². The molecule has 2 fully saturated rings. The Bertz CT molecular complexity index is 1260. The van der Waals surface area contributed by atoms with E-state index < -0.39 is 0 Å². The van der Waals surface area contributed by atoms with Gasteiger partial charge in [-0.25, -0.2) is 9.97 Å². The van der Waals surface area contributed by atoms with Crippen molar-refractivity contribution in [1.29, 1.82) is 0 Å². The van der Waals surface area contributed by atoms with E-state index in [9.17, 15) is 0 Å². The molecule has 6 rings (SSSR count). The third-order valence-corrected chi connectivity index (χ3v) is 7.05. The van der Waals surface area contributed by atoms with Crippen LogP contribution in [0.3, 0.4) is 0 Å². The van der Waals surface area contributed by atoms with Gasteiger partial charge in [-0.1, -0.05) is 18.2 Å². The van der Waals surface area contributed by atoms with Crippen LogP contribution in [0, 0.1) is 6.92 Å². The van der Waals surface area contributed by atoms with E-state index in [1.807, 2.05) is 30.1 Å². The number of fused-ring (bicyclic) bond motifs is 1. The first-order valence-electron chi connectivity index (χ1n) is 11.7. The van der Waals surface area contributed by atoms with Gasteiger partial charge in [0, 0.05) is 35.5 Å². The summed E-state index contributed by atoms with van der Waals surface area (Å²) in [6, 6.07) is 10.5. The van der Waals surface area contributed by atoms with Gasteiger partial charge in [0.1, 0.15) is 5.82 Å². The molecule has 0 amide bonds. The molecule has 1 saturated carbocycles. The van der Waals surface area contributed by atoms with E-state index >= 15 is 0 Å². The predicted molar refractivity (Wildman–Crippen MR) is 124 cm³/mol. The van der Waals surface area contributed by atoms with E-state index in [-0.39, 0.29) is 0 Å². The van der Waals surface area contributed by atoms with E-state index in [2.05, 4.69) is 40.2 Å². The first-order chi connectivity index (χ1) is 15.7. The second-order valence-corrected chi connectivity index (χ2v) is 9.34. The van der Waals surface area contributed by atoms with Gasteiger partial charge in [-0.05, 0) is 57.8 Å². The summed E-state index contributed by atoms with van der Waals surface area (Å²) in [6.07, 6.45) is 6.75. The molecule has 0 radical (unpaired) electrons. The number of nitrogens with one attached hydrogen (secondary N) is 1. The fraction of sp³-hybridized carbons (Fsp3) is 0.440. The molecule has 7 heteroatoms. The van der Waals surface area contributed by atoms with E-state index in [4.69, 9.17) is 15.1 Å². The topological polar surface area (TPSA) is 75.5 Å². The Labute approximate surface area is 187 Å². The van der Waals surface area contributed by atoms with E-state index in [1.165, 1.54) is 29.8 Å². The van der Waals surface area contributed by atoms with Crippen molar-refractivity contribution in [2.45, 2.75) is 51.0 Å². The molecule has 1 aromatic carbocycles. The van der Waals surface area contributed by atoms with Crippen molar-refractivity contribution >= 4 is 10.9 Å². The van der Waals surface area contributed by atoms with Crippen molar-refractivity contribution in [2.75, 3.05) is 13.1 Å². The van der Waals surface area contributed by atoms with E-state index in [1.54, 1.807) is 0 Å². The van der Waals surface area contributed by atoms with Crippen LogP contribution >= 0.6 is 0 Å². The predicted octanol–water partition coefficient (Wildman–Crippen LogP) is 4.32. The number of aryl methyl sites for hydroxylation is 2. The number of para-hydroxylation sites is 1. The lowest BCUT2D eigenvalue weighted by atomic mass is 9.93. The van der Waals surface area contributed by atoms with Gasteiger partial charge >= 0.3 is 0 Å². The van der Waals surface area contributed by atoms with Crippen LogP contribution in [-0.2, 0) is 13.6 Å². The summed E-state index contributed by atoms with van der Waals surface area (Å²) >= 11 is 0. The lowest BCUT2D eigenvalue weighted by molar-refractivity contribution is 0.199. The van der Waals surface area contributed by atoms with Crippen LogP contribution in [0.1, 0.15) is 60.4 Å². The van der Waals surface area contributed by atoms with Gasteiger partial charge in [0.15, 0.2) is 0 Å². The first-order valence-corrected chi connectivity index (χ1v) is 11.7. The Morgan fingerprint density at radius 1 is 1.03 bits per heavy atom. The first kappa shape index (κ1) is 19.6. The summed E-state index contributed by atoms with van der Waals surface area (Å²) in [6.45, 7) is 4.97. The minimum Gasteiger partial charge on any atom is -0.296 e. The van der Waals surface area contributed by atoms with Crippen LogP contribution in [0.25, 0.3) is 22.2 Å². The molecule has 4 heterocycles. The molecule has 0 bridgehead atoms. The molecule has 1 N–H and O–H groups in total. The third kappa shape index (κ3) is 3.60. The number of nitrogens with zero attached hydrogens (tertiary/aromatic N) is 6. The number of hydrogen-bond acceptors (Lipinski definition) is 5. The van der Waals surface area contributed by atoms with Crippen LogP contribution in [-0.4, -0.2) is 47.9 Å². The lowest BCUT2D eigenvalue weighted by Crippen LogP contribution is -2.33. The monoisotopic (exact) mass is 427 g/mol. The quantitative estimate of drug-likeness (QED) is 0.513. The highest BCUT2D eigenvalue weighted by Crippen LogP contribution is 2.44. The summed E-state index contributed by atoms with van der Waals surface area (Å²) in [5.74, 6) is 2.08. The van der Waals surface area contributed by atoms with Gasteiger partial charge in [0.25, 0.3) is 0 Å². The van der Waals surface area contributed by atoms with Crippen molar-refractivity contribution < 1.29 is 0 Å². The second kappa shape index (κ2) is 7.81. The number of likely N-dealkylation sites (tertiary alicyclic amines) is 1. The van der Waals surface area contributed by atoms with Crippen molar-refractivity contribution in [1.82, 2.24) is 34.8 Å². The molecule has 3 aromatic heterocycles. The average molecular weight is 428 g/mol. The fourth-order valence-electron chi connectivity index (χ4n) is 5.13. The van der Waals surface area contributed by atoms with Crippen LogP contribution in [0.15, 0.2) is 36.5 Å². The Kier molecular flexibility index (Phi) is 4.79. The standard InChI is InChI=1S/C25H29N7/c1-16-19-5-3-4-6-21(19)28-24(27-16)15-32-11-9-17(10-12-32)22-13-23(30-29-22)20-14-26-31(2)25(20)18-7-8-18/h3-6,13-14,17-18H,7-12,15H2,1-2H3,(H,29,30). The van der Waals surface area contributed by atoms with Crippen LogP contribution in [0.5, 0.6) is 0 Å². The molecule has 2 aliphatic rings. The van der Waals surface area contributed by atoms with Crippen molar-refractivity contribution in [3.8, 4) is 11.3 Å². The van der Waals surface area contributed by atoms with Gasteiger partial charge < -0.3 is 0 Å². The summed E-state index contributed by atoms with van der Waals surface area (Å²) < 4.78 is 2.03. The average Bonchev–Trinajstić information content (AvgIpc) is 3.38. The maximum atomic E-state index is 4.80. The number of aromatic nitrogens is 6. The van der Waals surface area contributed by atoms with Crippen molar-refractivity contribution in [3.63, 3.8) is 0 Å². The number of benzene rings is 1. The summed E-state index contributed by atoms with van der Waals surface area (Å²) in [5, 5.41) is 13.6. The lowest BCUT2D eigenvalue weighted by Gasteiger charge is -2.30. The Morgan fingerprint density at radius 3 is 2.66 bits per heavy atom. The normalized spacial score (nSPS) is 17.9. The van der Waals surface area contributed by atoms with Gasteiger partial charge in [-0.15, -0.1) is 0 Å². The van der Waals surface area contributed by atoms with Crippen LogP contribution in [0.2, 0.25) is 0 Å². The molecule has 164 valence electrons. The van der Waals surface area contributed by atoms with Crippen LogP contribution < -0.4 is 0 Å². The third-order valence-electron chi connectivity index (χ3n) is 7.05. The Morgan fingerprint density at radius 2 is 1.84 bits per heavy atom. The Hall–Kier alpha value is -3.06. The zero-order valence-corrected chi connectivity index (χ0v) is 18.8. The minimum atomic E-state index is 0.497. The number of H-pyrrole nitrogens is 1. The van der Waals surface area contributed by atoms with Crippen LogP contribution in [0.4, 0.5) is 0 Å². The maximum Gasteiger partial charge on any atom is 0.143 e. The number of piperidine rings is 1. The van der Waals surface area contributed by atoms with Gasteiger partial charge in [0.2, 0.25) is 0 Å². The molecule has 4 aromatic rings. The number of hydrogen-bond donors (Lipinski definition) is 1. The van der Waals surface area contributed by atoms with Crippen molar-refractivity contribution in [2.24, 2.45) is 7.05 Å². The molecule has 1 aliphatic heterocycles. The minimum absolute atomic E-state index is 0.497. The Balaban J connectivity index is 1.12. The molecular formula is C25H29N7. The van der Waals surface area contributed by atoms with Gasteiger partial charge in [-0.3, -0.25) is 14.7 Å². The zero-order chi connectivity index (χ0) is 21.7. The molecule has 1 saturated heterocycles. The molecule has 0 unspecified atom stereocenters. The molecule has 0 spiro atoms. The molecular weight excluding hydrogens is 398 g/mol. The zero-order valence-electron chi connectivity index (χ0n) is 18.8. The number of aromatic amines is 1. The SMILES string of the molecule is Cc1nc(CN2CCC(c3cc(-c4cnn(C)c4C4CC4)[nH]n3)CC2)nc2ccccc12. The number of rotatable bonds is 5. The fourth-order valence-corrected chi connectivity index (χ4v) is 5.13. The van der Waals surface area contributed by atoms with Gasteiger partial charge in [0.05, 0.1) is 35.3 Å². The molecule has 0 atom stereocenters.